The maximum atomic E-state index is 12.2. The Morgan fingerprint density at radius 2 is 2.00 bits per heavy atom. The third-order valence-electron chi connectivity index (χ3n) is 3.79. The molecule has 0 aliphatic carbocycles. The zero-order valence-corrected chi connectivity index (χ0v) is 14.7. The summed E-state index contributed by atoms with van der Waals surface area (Å²) in [5.74, 6) is -0.809. The van der Waals surface area contributed by atoms with Crippen LogP contribution in [0.1, 0.15) is 12.8 Å². The molecule has 0 aromatic heterocycles. The van der Waals surface area contributed by atoms with E-state index in [9.17, 15) is 18.0 Å². The van der Waals surface area contributed by atoms with Gasteiger partial charge in [0, 0.05) is 19.2 Å². The van der Waals surface area contributed by atoms with E-state index in [4.69, 9.17) is 14.6 Å². The summed E-state index contributed by atoms with van der Waals surface area (Å²) in [6, 6.07) is 5.09. The van der Waals surface area contributed by atoms with Crippen LogP contribution in [0.5, 0.6) is 5.75 Å². The normalized spacial score (nSPS) is 18.0. The number of carboxylic acid groups (broad SMARTS) is 1. The van der Waals surface area contributed by atoms with Crippen LogP contribution in [0.25, 0.3) is 0 Å². The smallest absolute Gasteiger partial charge is 0.328 e. The van der Waals surface area contributed by atoms with E-state index < -0.39 is 21.8 Å². The lowest BCUT2D eigenvalue weighted by molar-refractivity contribution is -0.158. The summed E-state index contributed by atoms with van der Waals surface area (Å²) in [5.41, 5.74) is 0. The van der Waals surface area contributed by atoms with E-state index in [1.54, 1.807) is 12.1 Å². The molecule has 9 heteroatoms. The number of sulfone groups is 1. The zero-order valence-electron chi connectivity index (χ0n) is 13.9. The number of rotatable bonds is 7. The minimum atomic E-state index is -3.24. The molecule has 0 spiro atoms. The summed E-state index contributed by atoms with van der Waals surface area (Å²) in [6.07, 6.45) is 1.73. The molecule has 2 rings (SSSR count). The largest absolute Gasteiger partial charge is 0.494 e. The Morgan fingerprint density at radius 1 is 1.32 bits per heavy atom. The van der Waals surface area contributed by atoms with Gasteiger partial charge in [0.05, 0.1) is 24.7 Å². The second-order valence-corrected chi connectivity index (χ2v) is 7.73. The predicted octanol–water partition coefficient (Wildman–Crippen LogP) is 0.561. The van der Waals surface area contributed by atoms with E-state index in [1.165, 1.54) is 17.0 Å². The fourth-order valence-corrected chi connectivity index (χ4v) is 3.08. The molecule has 1 N–H and O–H groups in total. The molecule has 0 bridgehead atoms. The molecule has 1 fully saturated rings. The van der Waals surface area contributed by atoms with Crippen LogP contribution in [0.15, 0.2) is 29.2 Å². The van der Waals surface area contributed by atoms with E-state index in [-0.39, 0.29) is 37.0 Å². The Kier molecular flexibility index (Phi) is 6.38. The zero-order chi connectivity index (χ0) is 18.4. The molecule has 0 radical (unpaired) electrons. The van der Waals surface area contributed by atoms with Gasteiger partial charge in [-0.05, 0) is 30.7 Å². The molecule has 1 aliphatic rings. The summed E-state index contributed by atoms with van der Waals surface area (Å²) < 4.78 is 33.3. The molecular weight excluding hydrogens is 350 g/mol. The lowest BCUT2D eigenvalue weighted by Gasteiger charge is -2.32. The van der Waals surface area contributed by atoms with Gasteiger partial charge in [-0.2, -0.15) is 0 Å². The van der Waals surface area contributed by atoms with E-state index in [1.807, 2.05) is 0 Å². The van der Waals surface area contributed by atoms with Gasteiger partial charge in [0.2, 0.25) is 5.91 Å². The molecule has 1 saturated heterocycles. The first-order valence-corrected chi connectivity index (χ1v) is 9.71. The van der Waals surface area contributed by atoms with Crippen molar-refractivity contribution in [3.63, 3.8) is 0 Å². The SMILES string of the molecule is CS(=O)(=O)c1ccc(OCCCC(=O)N2CCOCC2C(=O)O)cc1. The van der Waals surface area contributed by atoms with Crippen LogP contribution in [0, 0.1) is 0 Å². The Labute approximate surface area is 146 Å². The summed E-state index contributed by atoms with van der Waals surface area (Å²) >= 11 is 0. The van der Waals surface area contributed by atoms with Gasteiger partial charge in [0.1, 0.15) is 5.75 Å². The molecule has 1 aliphatic heterocycles. The van der Waals surface area contributed by atoms with Crippen molar-refractivity contribution in [2.24, 2.45) is 0 Å². The van der Waals surface area contributed by atoms with Crippen LogP contribution in [0.3, 0.4) is 0 Å². The average Bonchev–Trinajstić information content (AvgIpc) is 2.58. The number of nitrogens with zero attached hydrogens (tertiary/aromatic N) is 1. The first-order chi connectivity index (χ1) is 11.8. The molecule has 1 heterocycles. The van der Waals surface area contributed by atoms with E-state index in [0.29, 0.717) is 18.8 Å². The fraction of sp³-hybridized carbons (Fsp3) is 0.500. The van der Waals surface area contributed by atoms with Crippen LogP contribution in [0.2, 0.25) is 0 Å². The molecule has 1 atom stereocenters. The number of morpholine rings is 1. The fourth-order valence-electron chi connectivity index (χ4n) is 2.45. The lowest BCUT2D eigenvalue weighted by atomic mass is 10.2. The number of aliphatic carboxylic acids is 1. The van der Waals surface area contributed by atoms with Crippen molar-refractivity contribution in [3.05, 3.63) is 24.3 Å². The highest BCUT2D eigenvalue weighted by Crippen LogP contribution is 2.16. The van der Waals surface area contributed by atoms with E-state index in [0.717, 1.165) is 6.26 Å². The second-order valence-electron chi connectivity index (χ2n) is 5.71. The first-order valence-electron chi connectivity index (χ1n) is 7.82. The first kappa shape index (κ1) is 19.2. The predicted molar refractivity (Wildman–Crippen MR) is 88.2 cm³/mol. The Balaban J connectivity index is 1.78. The maximum Gasteiger partial charge on any atom is 0.328 e. The Hall–Kier alpha value is -2.13. The van der Waals surface area contributed by atoms with Gasteiger partial charge in [-0.15, -0.1) is 0 Å². The third kappa shape index (κ3) is 5.43. The molecule has 1 aromatic rings. The van der Waals surface area contributed by atoms with Gasteiger partial charge >= 0.3 is 5.97 Å². The Morgan fingerprint density at radius 3 is 2.60 bits per heavy atom. The van der Waals surface area contributed by atoms with Crippen LogP contribution < -0.4 is 4.74 Å². The highest BCUT2D eigenvalue weighted by atomic mass is 32.2. The van der Waals surface area contributed by atoms with Crippen LogP contribution in [0.4, 0.5) is 0 Å². The minimum Gasteiger partial charge on any atom is -0.494 e. The summed E-state index contributed by atoms with van der Waals surface area (Å²) in [4.78, 5) is 24.8. The highest BCUT2D eigenvalue weighted by molar-refractivity contribution is 7.90. The Bertz CT molecular complexity index is 715. The van der Waals surface area contributed by atoms with Crippen molar-refractivity contribution in [2.45, 2.75) is 23.8 Å². The molecule has 138 valence electrons. The van der Waals surface area contributed by atoms with Crippen molar-refractivity contribution < 1.29 is 32.6 Å². The average molecular weight is 371 g/mol. The quantitative estimate of drug-likeness (QED) is 0.697. The monoisotopic (exact) mass is 371 g/mol. The number of hydrogen-bond acceptors (Lipinski definition) is 6. The van der Waals surface area contributed by atoms with Crippen molar-refractivity contribution in [3.8, 4) is 5.75 Å². The van der Waals surface area contributed by atoms with Crippen molar-refractivity contribution in [1.29, 1.82) is 0 Å². The number of hydrogen-bond donors (Lipinski definition) is 1. The topological polar surface area (TPSA) is 110 Å². The second kappa shape index (κ2) is 8.30. The van der Waals surface area contributed by atoms with Crippen LogP contribution >= 0.6 is 0 Å². The van der Waals surface area contributed by atoms with Gasteiger partial charge in [0.15, 0.2) is 15.9 Å². The van der Waals surface area contributed by atoms with Crippen LogP contribution in [-0.2, 0) is 24.2 Å². The lowest BCUT2D eigenvalue weighted by Crippen LogP contribution is -2.52. The molecule has 0 saturated carbocycles. The number of carbonyl (C=O) groups is 2. The third-order valence-corrected chi connectivity index (χ3v) is 4.92. The molecule has 1 aromatic carbocycles. The van der Waals surface area contributed by atoms with Crippen molar-refractivity contribution in [1.82, 2.24) is 4.90 Å². The minimum absolute atomic E-state index is 0.00422. The van der Waals surface area contributed by atoms with E-state index >= 15 is 0 Å². The molecular formula is C16H21NO7S. The van der Waals surface area contributed by atoms with Gasteiger partial charge < -0.3 is 19.5 Å². The number of carbonyl (C=O) groups excluding carboxylic acids is 1. The number of ether oxygens (including phenoxy) is 2. The summed E-state index contributed by atoms with van der Waals surface area (Å²) in [5, 5.41) is 9.12. The maximum absolute atomic E-state index is 12.2. The van der Waals surface area contributed by atoms with Crippen molar-refractivity contribution >= 4 is 21.7 Å². The number of amides is 1. The van der Waals surface area contributed by atoms with Gasteiger partial charge in [0.25, 0.3) is 0 Å². The van der Waals surface area contributed by atoms with Crippen LogP contribution in [-0.4, -0.2) is 69.0 Å². The van der Waals surface area contributed by atoms with Gasteiger partial charge in [-0.25, -0.2) is 13.2 Å². The molecule has 8 nitrogen and oxygen atoms in total. The summed E-state index contributed by atoms with van der Waals surface area (Å²) in [7, 11) is -3.24. The van der Waals surface area contributed by atoms with Gasteiger partial charge in [-0.3, -0.25) is 4.79 Å². The molecule has 1 unspecified atom stereocenters. The molecule has 25 heavy (non-hydrogen) atoms. The van der Waals surface area contributed by atoms with E-state index in [2.05, 4.69) is 0 Å². The van der Waals surface area contributed by atoms with Gasteiger partial charge in [-0.1, -0.05) is 0 Å². The number of carboxylic acids is 1. The summed E-state index contributed by atoms with van der Waals surface area (Å²) in [6.45, 7) is 0.874. The standard InChI is InChI=1S/C16H21NO7S/c1-25(21,22)13-6-4-12(5-7-13)24-9-2-3-15(18)17-8-10-23-11-14(17)16(19)20/h4-7,14H,2-3,8-11H2,1H3,(H,19,20). The van der Waals surface area contributed by atoms with Crippen molar-refractivity contribution in [2.75, 3.05) is 32.6 Å². The molecule has 1 amide bonds. The number of benzene rings is 1. The highest BCUT2D eigenvalue weighted by Gasteiger charge is 2.32.